The molecule has 1 aromatic rings. The first-order chi connectivity index (χ1) is 4.75. The summed E-state index contributed by atoms with van der Waals surface area (Å²) in [5, 5.41) is 20.0. The van der Waals surface area contributed by atoms with Crippen molar-refractivity contribution in [2.75, 3.05) is 0 Å². The number of nitrogens with zero attached hydrogens (tertiary/aromatic N) is 3. The molecular weight excluding hydrogens is 134 g/mol. The van der Waals surface area contributed by atoms with Crippen LogP contribution in [0.2, 0.25) is 0 Å². The van der Waals surface area contributed by atoms with Crippen molar-refractivity contribution < 1.29 is 9.90 Å². The van der Waals surface area contributed by atoms with Gasteiger partial charge in [-0.15, -0.1) is 0 Å². The van der Waals surface area contributed by atoms with E-state index in [1.54, 1.807) is 6.19 Å². The Bertz CT molecular complexity index is 296. The number of carboxylic acids is 1. The smallest absolute Gasteiger partial charge is 0.355 e. The fourth-order valence-corrected chi connectivity index (χ4v) is 0.545. The molecule has 0 fully saturated rings. The molecule has 0 spiro atoms. The van der Waals surface area contributed by atoms with Gasteiger partial charge in [0.1, 0.15) is 0 Å². The van der Waals surface area contributed by atoms with Gasteiger partial charge in [-0.2, -0.15) is 15.0 Å². The first-order valence-electron chi connectivity index (χ1n) is 2.43. The van der Waals surface area contributed by atoms with Gasteiger partial charge in [-0.05, 0) is 6.07 Å². The summed E-state index contributed by atoms with van der Waals surface area (Å²) in [6.07, 6.45) is 2.84. The van der Waals surface area contributed by atoms with Crippen LogP contribution in [0.3, 0.4) is 0 Å². The molecule has 10 heavy (non-hydrogen) atoms. The zero-order valence-corrected chi connectivity index (χ0v) is 4.85. The van der Waals surface area contributed by atoms with Gasteiger partial charge in [-0.3, -0.25) is 0 Å². The minimum atomic E-state index is -1.15. The van der Waals surface area contributed by atoms with Crippen molar-refractivity contribution in [2.45, 2.75) is 0 Å². The van der Waals surface area contributed by atoms with E-state index in [1.165, 1.54) is 12.3 Å². The van der Waals surface area contributed by atoms with Gasteiger partial charge in [-0.1, -0.05) is 0 Å². The lowest BCUT2D eigenvalue weighted by Gasteiger charge is -1.87. The van der Waals surface area contributed by atoms with Crippen molar-refractivity contribution in [1.29, 1.82) is 5.26 Å². The Morgan fingerprint density at radius 3 is 3.00 bits per heavy atom. The average Bonchev–Trinajstić information content (AvgIpc) is 2.33. The van der Waals surface area contributed by atoms with Crippen LogP contribution in [0.1, 0.15) is 10.5 Å². The summed E-state index contributed by atoms with van der Waals surface area (Å²) in [5.74, 6) is -1.15. The highest BCUT2D eigenvalue weighted by Crippen LogP contribution is 1.94. The van der Waals surface area contributed by atoms with Crippen LogP contribution in [0.4, 0.5) is 0 Å². The number of hydrogen-bond donors (Lipinski definition) is 1. The van der Waals surface area contributed by atoms with E-state index in [-0.39, 0.29) is 5.69 Å². The number of hydrogen-bond acceptors (Lipinski definition) is 3. The molecule has 0 amide bonds. The van der Waals surface area contributed by atoms with Crippen molar-refractivity contribution in [2.24, 2.45) is 0 Å². The predicted octanol–water partition coefficient (Wildman–Crippen LogP) is -0.0895. The Morgan fingerprint density at radius 1 is 1.90 bits per heavy atom. The summed E-state index contributed by atoms with van der Waals surface area (Å²) in [7, 11) is 0. The molecule has 1 N–H and O–H groups in total. The molecule has 0 unspecified atom stereocenters. The molecule has 50 valence electrons. The summed E-state index contributed by atoms with van der Waals surface area (Å²) in [6, 6.07) is 1.26. The molecule has 0 atom stereocenters. The Morgan fingerprint density at radius 2 is 2.60 bits per heavy atom. The summed E-state index contributed by atoms with van der Waals surface area (Å²) in [6.45, 7) is 0. The number of carboxylic acid groups (broad SMARTS) is 1. The van der Waals surface area contributed by atoms with Gasteiger partial charge >= 0.3 is 5.97 Å². The quantitative estimate of drug-likeness (QED) is 0.586. The fourth-order valence-electron chi connectivity index (χ4n) is 0.545. The zero-order chi connectivity index (χ0) is 7.56. The molecular formula is C5H3N3O2. The van der Waals surface area contributed by atoms with E-state index in [0.29, 0.717) is 0 Å². The highest BCUT2D eigenvalue weighted by Gasteiger charge is 2.07. The molecule has 0 aromatic carbocycles. The van der Waals surface area contributed by atoms with Crippen LogP contribution in [0.15, 0.2) is 12.3 Å². The number of aromatic nitrogens is 2. The molecule has 0 saturated carbocycles. The van der Waals surface area contributed by atoms with Gasteiger partial charge in [-0.25, -0.2) is 4.79 Å². The molecule has 5 nitrogen and oxygen atoms in total. The number of rotatable bonds is 1. The van der Waals surface area contributed by atoms with Gasteiger partial charge in [0.25, 0.3) is 0 Å². The average molecular weight is 137 g/mol. The third-order valence-electron chi connectivity index (χ3n) is 0.957. The van der Waals surface area contributed by atoms with E-state index in [1.807, 2.05) is 0 Å². The summed E-state index contributed by atoms with van der Waals surface area (Å²) < 4.78 is 0.738. The monoisotopic (exact) mass is 137 g/mol. The molecule has 0 aliphatic rings. The highest BCUT2D eigenvalue weighted by molar-refractivity contribution is 5.85. The Balaban J connectivity index is 3.17. The first-order valence-corrected chi connectivity index (χ1v) is 2.43. The summed E-state index contributed by atoms with van der Waals surface area (Å²) in [4.78, 5) is 10.2. The third kappa shape index (κ3) is 0.821. The molecule has 0 aliphatic heterocycles. The maximum Gasteiger partial charge on any atom is 0.355 e. The van der Waals surface area contributed by atoms with Crippen LogP contribution in [-0.2, 0) is 0 Å². The number of nitriles is 1. The van der Waals surface area contributed by atoms with Gasteiger partial charge < -0.3 is 5.11 Å². The minimum Gasteiger partial charge on any atom is -0.476 e. The second kappa shape index (κ2) is 2.19. The Hall–Kier alpha value is -1.83. The van der Waals surface area contributed by atoms with Crippen molar-refractivity contribution in [1.82, 2.24) is 9.78 Å². The Labute approximate surface area is 56.1 Å². The number of carbonyl (C=O) groups is 1. The SMILES string of the molecule is N#Cn1nccc1C(=O)O. The molecule has 0 saturated heterocycles. The van der Waals surface area contributed by atoms with E-state index in [9.17, 15) is 4.79 Å². The Kier molecular flexibility index (Phi) is 1.38. The largest absolute Gasteiger partial charge is 0.476 e. The van der Waals surface area contributed by atoms with E-state index >= 15 is 0 Å². The molecule has 0 aliphatic carbocycles. The van der Waals surface area contributed by atoms with Gasteiger partial charge in [0.15, 0.2) is 5.69 Å². The van der Waals surface area contributed by atoms with Crippen LogP contribution in [0.5, 0.6) is 0 Å². The van der Waals surface area contributed by atoms with E-state index in [4.69, 9.17) is 10.4 Å². The van der Waals surface area contributed by atoms with E-state index < -0.39 is 5.97 Å². The lowest BCUT2D eigenvalue weighted by molar-refractivity contribution is 0.0687. The van der Waals surface area contributed by atoms with Crippen LogP contribution in [0, 0.1) is 11.5 Å². The molecule has 1 aromatic heterocycles. The van der Waals surface area contributed by atoms with Crippen molar-refractivity contribution in [3.63, 3.8) is 0 Å². The second-order valence-electron chi connectivity index (χ2n) is 1.53. The lowest BCUT2D eigenvalue weighted by atomic mass is 10.4. The molecule has 1 heterocycles. The predicted molar refractivity (Wildman–Crippen MR) is 30.2 cm³/mol. The van der Waals surface area contributed by atoms with Crippen LogP contribution >= 0.6 is 0 Å². The molecule has 0 bridgehead atoms. The van der Waals surface area contributed by atoms with Crippen LogP contribution < -0.4 is 0 Å². The summed E-state index contributed by atoms with van der Waals surface area (Å²) in [5.41, 5.74) is -0.123. The fraction of sp³-hybridized carbons (Fsp3) is 0. The third-order valence-corrected chi connectivity index (χ3v) is 0.957. The van der Waals surface area contributed by atoms with Crippen molar-refractivity contribution in [3.8, 4) is 6.19 Å². The van der Waals surface area contributed by atoms with Crippen molar-refractivity contribution >= 4 is 5.97 Å². The van der Waals surface area contributed by atoms with Gasteiger partial charge in [0, 0.05) is 0 Å². The first kappa shape index (κ1) is 6.29. The van der Waals surface area contributed by atoms with Crippen molar-refractivity contribution in [3.05, 3.63) is 18.0 Å². The van der Waals surface area contributed by atoms with Gasteiger partial charge in [0.2, 0.25) is 6.19 Å². The van der Waals surface area contributed by atoms with Crippen LogP contribution in [-0.4, -0.2) is 20.9 Å². The highest BCUT2D eigenvalue weighted by atomic mass is 16.4. The molecule has 0 radical (unpaired) electrons. The minimum absolute atomic E-state index is 0.123. The molecule has 1 rings (SSSR count). The maximum absolute atomic E-state index is 10.2. The zero-order valence-electron chi connectivity index (χ0n) is 4.85. The maximum atomic E-state index is 10.2. The number of aromatic carboxylic acids is 1. The van der Waals surface area contributed by atoms with Gasteiger partial charge in [0.05, 0.1) is 6.20 Å². The normalized spacial score (nSPS) is 8.70. The second-order valence-corrected chi connectivity index (χ2v) is 1.53. The van der Waals surface area contributed by atoms with E-state index in [2.05, 4.69) is 5.10 Å². The van der Waals surface area contributed by atoms with Crippen LogP contribution in [0.25, 0.3) is 0 Å². The lowest BCUT2D eigenvalue weighted by Crippen LogP contribution is -2.04. The standard InChI is InChI=1S/C5H3N3O2/c6-3-8-4(5(9)10)1-2-7-8/h1-2H,(H,9,10). The topological polar surface area (TPSA) is 78.9 Å². The summed E-state index contributed by atoms with van der Waals surface area (Å²) >= 11 is 0. The van der Waals surface area contributed by atoms with E-state index in [0.717, 1.165) is 4.68 Å². The molecule has 5 heteroatoms.